The number of hydrogen-bond donors (Lipinski definition) is 1. The topological polar surface area (TPSA) is 60.9 Å². The maximum absolute atomic E-state index is 12.9. The lowest BCUT2D eigenvalue weighted by Crippen LogP contribution is -2.52. The largest absolute Gasteiger partial charge is 0.389 e. The highest BCUT2D eigenvalue weighted by atomic mass is 16.3. The van der Waals surface area contributed by atoms with Gasteiger partial charge in [-0.1, -0.05) is 36.4 Å². The van der Waals surface area contributed by atoms with Gasteiger partial charge in [-0.2, -0.15) is 0 Å². The first-order valence-electron chi connectivity index (χ1n) is 9.88. The third kappa shape index (κ3) is 4.78. The zero-order valence-corrected chi connectivity index (χ0v) is 16.2. The molecule has 146 valence electrons. The molecule has 0 radical (unpaired) electrons. The number of rotatable bonds is 4. The number of nitrogens with zero attached hydrogens (tertiary/aromatic N) is 2. The molecule has 1 aromatic carbocycles. The number of carbonyl (C=O) groups is 2. The van der Waals surface area contributed by atoms with Crippen molar-refractivity contribution in [3.63, 3.8) is 0 Å². The van der Waals surface area contributed by atoms with E-state index >= 15 is 0 Å². The molecular weight excluding hydrogens is 340 g/mol. The zero-order chi connectivity index (χ0) is 19.4. The van der Waals surface area contributed by atoms with E-state index in [1.54, 1.807) is 4.90 Å². The van der Waals surface area contributed by atoms with Gasteiger partial charge in [0.25, 0.3) is 0 Å². The van der Waals surface area contributed by atoms with Crippen molar-refractivity contribution in [1.29, 1.82) is 0 Å². The van der Waals surface area contributed by atoms with Gasteiger partial charge in [0.15, 0.2) is 0 Å². The summed E-state index contributed by atoms with van der Waals surface area (Å²) in [7, 11) is 0. The number of piperidine rings is 2. The summed E-state index contributed by atoms with van der Waals surface area (Å²) in [5, 5.41) is 11.0. The number of aliphatic hydroxyl groups is 1. The van der Waals surface area contributed by atoms with Crippen LogP contribution in [0.1, 0.15) is 36.8 Å². The number of likely N-dealkylation sites (tertiary alicyclic amines) is 2. The first-order chi connectivity index (χ1) is 12.9. The van der Waals surface area contributed by atoms with Gasteiger partial charge in [-0.15, -0.1) is 0 Å². The van der Waals surface area contributed by atoms with Crippen LogP contribution >= 0.6 is 0 Å². The summed E-state index contributed by atoms with van der Waals surface area (Å²) in [5.41, 5.74) is 1.59. The van der Waals surface area contributed by atoms with Crippen molar-refractivity contribution < 1.29 is 14.7 Å². The Bertz CT molecular complexity index is 707. The Labute approximate surface area is 161 Å². The Hall–Kier alpha value is -2.14. The van der Waals surface area contributed by atoms with Gasteiger partial charge >= 0.3 is 0 Å². The number of hydrogen-bond acceptors (Lipinski definition) is 3. The molecule has 1 atom stereocenters. The predicted octanol–water partition coefficient (Wildman–Crippen LogP) is 2.32. The van der Waals surface area contributed by atoms with E-state index in [9.17, 15) is 14.7 Å². The average Bonchev–Trinajstić information content (AvgIpc) is 2.67. The van der Waals surface area contributed by atoms with Gasteiger partial charge in [0, 0.05) is 32.6 Å². The highest BCUT2D eigenvalue weighted by molar-refractivity contribution is 5.88. The normalized spacial score (nSPS) is 22.4. The van der Waals surface area contributed by atoms with Crippen molar-refractivity contribution in [3.8, 4) is 0 Å². The summed E-state index contributed by atoms with van der Waals surface area (Å²) in [6.07, 6.45) is 4.80. The van der Waals surface area contributed by atoms with Crippen LogP contribution in [0.5, 0.6) is 0 Å². The van der Waals surface area contributed by atoms with Crippen molar-refractivity contribution in [2.24, 2.45) is 5.92 Å². The third-order valence-electron chi connectivity index (χ3n) is 5.88. The van der Waals surface area contributed by atoms with Crippen LogP contribution in [0.15, 0.2) is 36.9 Å². The summed E-state index contributed by atoms with van der Waals surface area (Å²) in [6.45, 7) is 7.92. The summed E-state index contributed by atoms with van der Waals surface area (Å²) < 4.78 is 0. The fourth-order valence-electron chi connectivity index (χ4n) is 4.29. The van der Waals surface area contributed by atoms with Gasteiger partial charge < -0.3 is 14.9 Å². The highest BCUT2D eigenvalue weighted by Gasteiger charge is 2.37. The van der Waals surface area contributed by atoms with Crippen LogP contribution in [0.2, 0.25) is 0 Å². The minimum Gasteiger partial charge on any atom is -0.389 e. The van der Waals surface area contributed by atoms with E-state index in [1.807, 2.05) is 11.0 Å². The lowest BCUT2D eigenvalue weighted by Gasteiger charge is -2.41. The standard InChI is InChI=1S/C22H30N2O3/c1-3-20(25)24-11-5-8-19(16-24)21(26)23-12-9-22(27,10-13-23)15-18-7-4-6-17(2)14-18/h3-4,6-7,14,19,27H,1,5,8-13,15-16H2,2H3. The van der Waals surface area contributed by atoms with E-state index in [1.165, 1.54) is 11.6 Å². The van der Waals surface area contributed by atoms with Crippen LogP contribution < -0.4 is 0 Å². The van der Waals surface area contributed by atoms with E-state index in [0.717, 1.165) is 18.4 Å². The fraction of sp³-hybridized carbons (Fsp3) is 0.545. The molecule has 5 nitrogen and oxygen atoms in total. The maximum atomic E-state index is 12.9. The monoisotopic (exact) mass is 370 g/mol. The summed E-state index contributed by atoms with van der Waals surface area (Å²) in [6, 6.07) is 8.24. The number of aryl methyl sites for hydroxylation is 1. The number of benzene rings is 1. The van der Waals surface area contributed by atoms with E-state index in [-0.39, 0.29) is 17.7 Å². The van der Waals surface area contributed by atoms with Gasteiger partial charge in [-0.25, -0.2) is 0 Å². The quantitative estimate of drug-likeness (QED) is 0.828. The van der Waals surface area contributed by atoms with Gasteiger partial charge in [-0.05, 0) is 44.2 Å². The highest BCUT2D eigenvalue weighted by Crippen LogP contribution is 2.29. The summed E-state index contributed by atoms with van der Waals surface area (Å²) in [4.78, 5) is 28.3. The number of carbonyl (C=O) groups excluding carboxylic acids is 2. The van der Waals surface area contributed by atoms with Crippen LogP contribution in [0.4, 0.5) is 0 Å². The lowest BCUT2D eigenvalue weighted by molar-refractivity contribution is -0.143. The first-order valence-corrected chi connectivity index (χ1v) is 9.88. The molecule has 3 rings (SSSR count). The fourth-order valence-corrected chi connectivity index (χ4v) is 4.29. The van der Waals surface area contributed by atoms with Crippen molar-refractivity contribution in [3.05, 3.63) is 48.0 Å². The van der Waals surface area contributed by atoms with Gasteiger partial charge in [0.2, 0.25) is 11.8 Å². The van der Waals surface area contributed by atoms with Crippen LogP contribution in [0.25, 0.3) is 0 Å². The van der Waals surface area contributed by atoms with Crippen LogP contribution in [-0.4, -0.2) is 58.5 Å². The van der Waals surface area contributed by atoms with E-state index in [0.29, 0.717) is 45.4 Å². The number of amides is 2. The Balaban J connectivity index is 1.55. The molecule has 5 heteroatoms. The van der Waals surface area contributed by atoms with Gasteiger partial charge in [0.05, 0.1) is 11.5 Å². The van der Waals surface area contributed by atoms with Crippen LogP contribution in [0.3, 0.4) is 0 Å². The zero-order valence-electron chi connectivity index (χ0n) is 16.2. The smallest absolute Gasteiger partial charge is 0.245 e. The molecule has 0 spiro atoms. The van der Waals surface area contributed by atoms with Crippen molar-refractivity contribution in [2.75, 3.05) is 26.2 Å². The molecule has 2 aliphatic heterocycles. The second kappa shape index (κ2) is 8.26. The maximum Gasteiger partial charge on any atom is 0.245 e. The van der Waals surface area contributed by atoms with Gasteiger partial charge in [0.1, 0.15) is 0 Å². The molecule has 2 aliphatic rings. The predicted molar refractivity (Wildman–Crippen MR) is 105 cm³/mol. The molecule has 2 saturated heterocycles. The average molecular weight is 370 g/mol. The molecule has 0 bridgehead atoms. The second-order valence-electron chi connectivity index (χ2n) is 8.04. The third-order valence-corrected chi connectivity index (χ3v) is 5.88. The molecule has 2 amide bonds. The van der Waals surface area contributed by atoms with Crippen LogP contribution in [0, 0.1) is 12.8 Å². The second-order valence-corrected chi connectivity index (χ2v) is 8.04. The SMILES string of the molecule is C=CC(=O)N1CCCC(C(=O)N2CCC(O)(Cc3cccc(C)c3)CC2)C1. The van der Waals surface area contributed by atoms with Crippen molar-refractivity contribution >= 4 is 11.8 Å². The summed E-state index contributed by atoms with van der Waals surface area (Å²) in [5.74, 6) is -0.113. The lowest BCUT2D eigenvalue weighted by atomic mass is 9.84. The first kappa shape index (κ1) is 19.6. The Morgan fingerprint density at radius 1 is 1.26 bits per heavy atom. The molecular formula is C22H30N2O3. The van der Waals surface area contributed by atoms with E-state index < -0.39 is 5.60 Å². The molecule has 0 aliphatic carbocycles. The Morgan fingerprint density at radius 3 is 2.67 bits per heavy atom. The molecule has 0 saturated carbocycles. The van der Waals surface area contributed by atoms with Crippen molar-refractivity contribution in [1.82, 2.24) is 9.80 Å². The molecule has 1 N–H and O–H groups in total. The summed E-state index contributed by atoms with van der Waals surface area (Å²) >= 11 is 0. The van der Waals surface area contributed by atoms with Crippen molar-refractivity contribution in [2.45, 2.75) is 44.6 Å². The molecule has 2 heterocycles. The van der Waals surface area contributed by atoms with Gasteiger partial charge in [-0.3, -0.25) is 9.59 Å². The minimum atomic E-state index is -0.748. The van der Waals surface area contributed by atoms with E-state index in [2.05, 4.69) is 31.7 Å². The van der Waals surface area contributed by atoms with Crippen LogP contribution in [-0.2, 0) is 16.0 Å². The Morgan fingerprint density at radius 2 is 2.00 bits per heavy atom. The molecule has 0 aromatic heterocycles. The van der Waals surface area contributed by atoms with E-state index in [4.69, 9.17) is 0 Å². The Kier molecular flexibility index (Phi) is 6.00. The molecule has 1 aromatic rings. The minimum absolute atomic E-state index is 0.0985. The molecule has 2 fully saturated rings. The molecule has 27 heavy (non-hydrogen) atoms. The molecule has 1 unspecified atom stereocenters.